The molecule has 0 spiro atoms. The fourth-order valence-electron chi connectivity index (χ4n) is 2.05. The van der Waals surface area contributed by atoms with Crippen molar-refractivity contribution in [3.8, 4) is 0 Å². The summed E-state index contributed by atoms with van der Waals surface area (Å²) in [5.74, 6) is 0.733. The van der Waals surface area contributed by atoms with Crippen molar-refractivity contribution in [2.45, 2.75) is 39.7 Å². The Morgan fingerprint density at radius 3 is 2.60 bits per heavy atom. The van der Waals surface area contributed by atoms with E-state index in [0.717, 1.165) is 5.92 Å². The van der Waals surface area contributed by atoms with Gasteiger partial charge in [-0.25, -0.2) is 0 Å². The van der Waals surface area contributed by atoms with Gasteiger partial charge in [-0.2, -0.15) is 0 Å². The minimum absolute atomic E-state index is 0.593. The predicted molar refractivity (Wildman–Crippen MR) is 67.2 cm³/mol. The highest BCUT2D eigenvalue weighted by Crippen LogP contribution is 2.16. The molecule has 0 radical (unpaired) electrons. The second-order valence-corrected chi connectivity index (χ2v) is 4.44. The van der Waals surface area contributed by atoms with Crippen LogP contribution in [0.15, 0.2) is 24.3 Å². The summed E-state index contributed by atoms with van der Waals surface area (Å²) in [7, 11) is 2.05. The lowest BCUT2D eigenvalue weighted by molar-refractivity contribution is 0.381. The molecule has 1 nitrogen and oxygen atoms in total. The number of hydrogen-bond donors (Lipinski definition) is 1. The molecular formula is C14H23N. The molecule has 0 aliphatic rings. The quantitative estimate of drug-likeness (QED) is 0.778. The molecule has 1 rings (SSSR count). The van der Waals surface area contributed by atoms with Crippen LogP contribution in [0.25, 0.3) is 0 Å². The molecule has 0 saturated carbocycles. The fraction of sp³-hybridized carbons (Fsp3) is 0.571. The molecule has 0 saturated heterocycles. The minimum atomic E-state index is 0.593. The van der Waals surface area contributed by atoms with Gasteiger partial charge in [0.25, 0.3) is 0 Å². The lowest BCUT2D eigenvalue weighted by atomic mass is 9.90. The maximum absolute atomic E-state index is 3.35. The number of nitrogens with one attached hydrogen (secondary N) is 1. The van der Waals surface area contributed by atoms with Crippen molar-refractivity contribution in [1.29, 1.82) is 0 Å². The first kappa shape index (κ1) is 12.3. The molecule has 2 atom stereocenters. The molecule has 0 aliphatic carbocycles. The molecule has 1 heteroatoms. The van der Waals surface area contributed by atoms with Crippen LogP contribution in [0.1, 0.15) is 31.4 Å². The number of rotatable bonds is 5. The molecule has 0 amide bonds. The van der Waals surface area contributed by atoms with E-state index in [-0.39, 0.29) is 0 Å². The average molecular weight is 205 g/mol. The molecule has 0 aromatic heterocycles. The van der Waals surface area contributed by atoms with E-state index in [0.29, 0.717) is 6.04 Å². The van der Waals surface area contributed by atoms with Gasteiger partial charge in [0.05, 0.1) is 0 Å². The van der Waals surface area contributed by atoms with Gasteiger partial charge < -0.3 is 5.32 Å². The zero-order valence-electron chi connectivity index (χ0n) is 10.4. The summed E-state index contributed by atoms with van der Waals surface area (Å²) in [5, 5.41) is 3.35. The topological polar surface area (TPSA) is 12.0 Å². The summed E-state index contributed by atoms with van der Waals surface area (Å²) in [5.41, 5.74) is 2.82. The Bertz CT molecular complexity index is 293. The summed E-state index contributed by atoms with van der Waals surface area (Å²) in [4.78, 5) is 0. The van der Waals surface area contributed by atoms with Gasteiger partial charge in [-0.05, 0) is 38.8 Å². The van der Waals surface area contributed by atoms with Gasteiger partial charge in [0.1, 0.15) is 0 Å². The van der Waals surface area contributed by atoms with Crippen LogP contribution in [0.4, 0.5) is 0 Å². The highest BCUT2D eigenvalue weighted by atomic mass is 14.9. The first-order valence-corrected chi connectivity index (χ1v) is 5.90. The Labute approximate surface area is 93.9 Å². The number of benzene rings is 1. The summed E-state index contributed by atoms with van der Waals surface area (Å²) < 4.78 is 0. The van der Waals surface area contributed by atoms with Crippen LogP contribution in [0, 0.1) is 12.8 Å². The monoisotopic (exact) mass is 205 g/mol. The van der Waals surface area contributed by atoms with Gasteiger partial charge in [-0.15, -0.1) is 0 Å². The third-order valence-corrected chi connectivity index (χ3v) is 3.27. The van der Waals surface area contributed by atoms with E-state index in [2.05, 4.69) is 50.4 Å². The molecule has 0 heterocycles. The van der Waals surface area contributed by atoms with Crippen LogP contribution in [-0.2, 0) is 6.42 Å². The van der Waals surface area contributed by atoms with Crippen LogP contribution >= 0.6 is 0 Å². The van der Waals surface area contributed by atoms with Crippen molar-refractivity contribution >= 4 is 0 Å². The van der Waals surface area contributed by atoms with Gasteiger partial charge in [0.15, 0.2) is 0 Å². The molecule has 1 aromatic rings. The van der Waals surface area contributed by atoms with E-state index in [1.165, 1.54) is 24.0 Å². The van der Waals surface area contributed by atoms with E-state index < -0.39 is 0 Å². The SMILES string of the molecule is CCC(Cc1cccc(C)c1)C(C)NC. The van der Waals surface area contributed by atoms with Crippen molar-refractivity contribution in [1.82, 2.24) is 5.32 Å². The second kappa shape index (κ2) is 5.92. The van der Waals surface area contributed by atoms with Gasteiger partial charge in [0.2, 0.25) is 0 Å². The first-order chi connectivity index (χ1) is 7.17. The lowest BCUT2D eigenvalue weighted by Gasteiger charge is -2.22. The van der Waals surface area contributed by atoms with Crippen molar-refractivity contribution in [2.24, 2.45) is 5.92 Å². The lowest BCUT2D eigenvalue weighted by Crippen LogP contribution is -2.31. The normalized spacial score (nSPS) is 14.9. The smallest absolute Gasteiger partial charge is 0.00670 e. The molecular weight excluding hydrogens is 182 g/mol. The van der Waals surface area contributed by atoms with Crippen LogP contribution in [0.2, 0.25) is 0 Å². The highest BCUT2D eigenvalue weighted by Gasteiger charge is 2.13. The second-order valence-electron chi connectivity index (χ2n) is 4.44. The Morgan fingerprint density at radius 1 is 1.33 bits per heavy atom. The summed E-state index contributed by atoms with van der Waals surface area (Å²) >= 11 is 0. The van der Waals surface area contributed by atoms with E-state index in [9.17, 15) is 0 Å². The van der Waals surface area contributed by atoms with Crippen molar-refractivity contribution in [2.75, 3.05) is 7.05 Å². The summed E-state index contributed by atoms with van der Waals surface area (Å²) in [6, 6.07) is 9.44. The van der Waals surface area contributed by atoms with E-state index in [4.69, 9.17) is 0 Å². The number of hydrogen-bond acceptors (Lipinski definition) is 1. The molecule has 15 heavy (non-hydrogen) atoms. The Balaban J connectivity index is 2.66. The van der Waals surface area contributed by atoms with Crippen molar-refractivity contribution < 1.29 is 0 Å². The standard InChI is InChI=1S/C14H23N/c1-5-14(12(3)15-4)10-13-8-6-7-11(2)9-13/h6-9,12,14-15H,5,10H2,1-4H3. The largest absolute Gasteiger partial charge is 0.317 e. The highest BCUT2D eigenvalue weighted by molar-refractivity contribution is 5.22. The van der Waals surface area contributed by atoms with Crippen molar-refractivity contribution in [3.05, 3.63) is 35.4 Å². The van der Waals surface area contributed by atoms with E-state index in [1.807, 2.05) is 7.05 Å². The molecule has 84 valence electrons. The molecule has 0 aliphatic heterocycles. The average Bonchev–Trinajstić information content (AvgIpc) is 2.25. The third kappa shape index (κ3) is 3.67. The van der Waals surface area contributed by atoms with E-state index in [1.54, 1.807) is 0 Å². The predicted octanol–water partition coefficient (Wildman–Crippen LogP) is 3.17. The molecule has 0 bridgehead atoms. The fourth-order valence-corrected chi connectivity index (χ4v) is 2.05. The van der Waals surface area contributed by atoms with Crippen LogP contribution in [0.5, 0.6) is 0 Å². The maximum atomic E-state index is 3.35. The Morgan fingerprint density at radius 2 is 2.07 bits per heavy atom. The molecule has 1 aromatic carbocycles. The van der Waals surface area contributed by atoms with Gasteiger partial charge in [0, 0.05) is 6.04 Å². The molecule has 1 N–H and O–H groups in total. The third-order valence-electron chi connectivity index (χ3n) is 3.27. The zero-order valence-corrected chi connectivity index (χ0v) is 10.4. The van der Waals surface area contributed by atoms with Crippen molar-refractivity contribution in [3.63, 3.8) is 0 Å². The number of aryl methyl sites for hydroxylation is 1. The van der Waals surface area contributed by atoms with Crippen LogP contribution in [0.3, 0.4) is 0 Å². The van der Waals surface area contributed by atoms with E-state index >= 15 is 0 Å². The van der Waals surface area contributed by atoms with Gasteiger partial charge >= 0.3 is 0 Å². The zero-order chi connectivity index (χ0) is 11.3. The van der Waals surface area contributed by atoms with Gasteiger partial charge in [-0.1, -0.05) is 43.2 Å². The van der Waals surface area contributed by atoms with Gasteiger partial charge in [-0.3, -0.25) is 0 Å². The Kier molecular flexibility index (Phi) is 4.83. The Hall–Kier alpha value is -0.820. The first-order valence-electron chi connectivity index (χ1n) is 5.90. The summed E-state index contributed by atoms with van der Waals surface area (Å²) in [6.45, 7) is 6.70. The molecule has 0 fully saturated rings. The van der Waals surface area contributed by atoms with Crippen LogP contribution in [-0.4, -0.2) is 13.1 Å². The molecule has 2 unspecified atom stereocenters. The van der Waals surface area contributed by atoms with Crippen LogP contribution < -0.4 is 5.32 Å². The maximum Gasteiger partial charge on any atom is 0.00670 e. The summed E-state index contributed by atoms with van der Waals surface area (Å²) in [6.07, 6.45) is 2.41. The minimum Gasteiger partial charge on any atom is -0.317 e.